The number of carboxylic acid groups (broad SMARTS) is 1. The summed E-state index contributed by atoms with van der Waals surface area (Å²) in [6, 6.07) is -1.45. The van der Waals surface area contributed by atoms with Crippen LogP contribution in [-0.2, 0) is 27.9 Å². The van der Waals surface area contributed by atoms with E-state index in [-0.39, 0.29) is 12.7 Å². The van der Waals surface area contributed by atoms with Gasteiger partial charge < -0.3 is 30.3 Å². The van der Waals surface area contributed by atoms with Crippen LogP contribution in [0.1, 0.15) is 110 Å². The van der Waals surface area contributed by atoms with Gasteiger partial charge in [0.25, 0.3) is 0 Å². The number of methoxy groups -OCH3 is 1. The van der Waals surface area contributed by atoms with Crippen LogP contribution in [0.4, 0.5) is 0 Å². The third-order valence-corrected chi connectivity index (χ3v) is 7.19. The number of carbonyl (C=O) groups is 1. The van der Waals surface area contributed by atoms with E-state index in [4.69, 9.17) is 20.3 Å². The number of aliphatic hydroxyl groups is 1. The van der Waals surface area contributed by atoms with Crippen molar-refractivity contribution in [3.05, 3.63) is 0 Å². The van der Waals surface area contributed by atoms with Crippen molar-refractivity contribution < 1.29 is 43.0 Å². The van der Waals surface area contributed by atoms with Crippen LogP contribution in [0.2, 0.25) is 0 Å². The van der Waals surface area contributed by atoms with Crippen molar-refractivity contribution in [3.8, 4) is 0 Å². The molecular weight excluding hydrogens is 501 g/mol. The van der Waals surface area contributed by atoms with E-state index in [0.29, 0.717) is 6.61 Å². The highest BCUT2D eigenvalue weighted by Gasteiger charge is 2.25. The molecule has 0 rings (SSSR count). The molecule has 4 atom stereocenters. The van der Waals surface area contributed by atoms with E-state index in [2.05, 4.69) is 16.0 Å². The zero-order valence-electron chi connectivity index (χ0n) is 23.2. The van der Waals surface area contributed by atoms with Crippen LogP contribution in [-0.4, -0.2) is 72.9 Å². The molecule has 0 aromatic carbocycles. The second kappa shape index (κ2) is 24.5. The molecule has 0 radical (unpaired) electrons. The van der Waals surface area contributed by atoms with Crippen LogP contribution >= 0.6 is 7.82 Å². The molecular formula is C26H54NO9P. The number of hydrogen-bond donors (Lipinski definition) is 4. The molecule has 0 aromatic heterocycles. The molecule has 37 heavy (non-hydrogen) atoms. The van der Waals surface area contributed by atoms with Gasteiger partial charge >= 0.3 is 13.8 Å². The fraction of sp³-hybridized carbons (Fsp3) is 0.962. The average Bonchev–Trinajstić information content (AvgIpc) is 2.87. The van der Waals surface area contributed by atoms with Crippen LogP contribution < -0.4 is 5.73 Å². The Morgan fingerprint density at radius 2 is 1.24 bits per heavy atom. The van der Waals surface area contributed by atoms with Gasteiger partial charge in [0, 0.05) is 7.11 Å². The maximum Gasteiger partial charge on any atom is 0.472 e. The zero-order chi connectivity index (χ0) is 27.8. The Labute approximate surface area is 224 Å². The standard InChI is InChI=1S/C26H54NO9P/c1-3-4-5-6-7-8-9-10-11-12-13-14-15-16-17-18-24(33-2)21-34-19-23(28)20-35-37(31,32)36-22-25(27)26(29)30/h23-25,28H,3-22,27H2,1-2H3,(H,29,30)(H,31,32). The van der Waals surface area contributed by atoms with Crippen molar-refractivity contribution >= 4 is 13.8 Å². The van der Waals surface area contributed by atoms with Crippen LogP contribution in [0.5, 0.6) is 0 Å². The van der Waals surface area contributed by atoms with Crippen molar-refractivity contribution in [1.82, 2.24) is 0 Å². The molecule has 0 aromatic rings. The molecule has 5 N–H and O–H groups in total. The van der Waals surface area contributed by atoms with E-state index in [1.807, 2.05) is 0 Å². The predicted molar refractivity (Wildman–Crippen MR) is 145 cm³/mol. The summed E-state index contributed by atoms with van der Waals surface area (Å²) in [5.41, 5.74) is 5.20. The maximum absolute atomic E-state index is 11.7. The number of aliphatic carboxylic acids is 1. The minimum Gasteiger partial charge on any atom is -0.480 e. The Hall–Kier alpha value is -0.580. The molecule has 0 saturated carbocycles. The molecule has 0 bridgehead atoms. The summed E-state index contributed by atoms with van der Waals surface area (Å²) in [4.78, 5) is 20.1. The largest absolute Gasteiger partial charge is 0.480 e. The molecule has 0 aliphatic carbocycles. The Bertz CT molecular complexity index is 582. The lowest BCUT2D eigenvalue weighted by atomic mass is 10.0. The molecule has 222 valence electrons. The molecule has 4 unspecified atom stereocenters. The Kier molecular flexibility index (Phi) is 24.1. The summed E-state index contributed by atoms with van der Waals surface area (Å²) in [5.74, 6) is -1.37. The fourth-order valence-corrected chi connectivity index (χ4v) is 4.64. The number of ether oxygens (including phenoxy) is 2. The highest BCUT2D eigenvalue weighted by molar-refractivity contribution is 7.47. The number of rotatable bonds is 28. The fourth-order valence-electron chi connectivity index (χ4n) is 3.86. The van der Waals surface area contributed by atoms with Gasteiger partial charge in [-0.2, -0.15) is 0 Å². The highest BCUT2D eigenvalue weighted by Crippen LogP contribution is 2.43. The van der Waals surface area contributed by atoms with Gasteiger partial charge in [0.1, 0.15) is 12.1 Å². The summed E-state index contributed by atoms with van der Waals surface area (Å²) < 4.78 is 31.7. The van der Waals surface area contributed by atoms with Crippen LogP contribution in [0.25, 0.3) is 0 Å². The van der Waals surface area contributed by atoms with Gasteiger partial charge in [-0.3, -0.25) is 13.8 Å². The second-order valence-electron chi connectivity index (χ2n) is 9.79. The number of carboxylic acids is 1. The van der Waals surface area contributed by atoms with Gasteiger partial charge in [0.15, 0.2) is 0 Å². The minimum absolute atomic E-state index is 0.0835. The van der Waals surface area contributed by atoms with Gasteiger partial charge in [0.2, 0.25) is 0 Å². The number of unbranched alkanes of at least 4 members (excludes halogenated alkanes) is 14. The highest BCUT2D eigenvalue weighted by atomic mass is 31.2. The number of aliphatic hydroxyl groups excluding tert-OH is 1. The summed E-state index contributed by atoms with van der Waals surface area (Å²) >= 11 is 0. The minimum atomic E-state index is -4.52. The molecule has 0 aliphatic rings. The summed E-state index contributed by atoms with van der Waals surface area (Å²) in [6.45, 7) is 1.26. The average molecular weight is 556 g/mol. The summed E-state index contributed by atoms with van der Waals surface area (Å²) in [5, 5.41) is 18.5. The first-order valence-corrected chi connectivity index (χ1v) is 15.6. The van der Waals surface area contributed by atoms with Gasteiger partial charge in [-0.05, 0) is 6.42 Å². The summed E-state index contributed by atoms with van der Waals surface area (Å²) in [7, 11) is -2.90. The first-order chi connectivity index (χ1) is 17.7. The number of phosphoric acid groups is 1. The Morgan fingerprint density at radius 1 is 0.784 bits per heavy atom. The topological polar surface area (TPSA) is 158 Å². The van der Waals surface area contributed by atoms with Crippen LogP contribution in [0, 0.1) is 0 Å². The van der Waals surface area contributed by atoms with Crippen molar-refractivity contribution in [2.75, 3.05) is 33.5 Å². The Morgan fingerprint density at radius 3 is 1.70 bits per heavy atom. The lowest BCUT2D eigenvalue weighted by Crippen LogP contribution is -2.34. The maximum atomic E-state index is 11.7. The van der Waals surface area contributed by atoms with E-state index in [0.717, 1.165) is 19.3 Å². The van der Waals surface area contributed by atoms with Crippen molar-refractivity contribution in [2.45, 2.75) is 128 Å². The van der Waals surface area contributed by atoms with Gasteiger partial charge in [0.05, 0.1) is 32.5 Å². The first-order valence-electron chi connectivity index (χ1n) is 14.1. The van der Waals surface area contributed by atoms with Crippen molar-refractivity contribution in [2.24, 2.45) is 5.73 Å². The molecule has 10 nitrogen and oxygen atoms in total. The zero-order valence-corrected chi connectivity index (χ0v) is 24.1. The van der Waals surface area contributed by atoms with Crippen molar-refractivity contribution in [1.29, 1.82) is 0 Å². The Balaban J connectivity index is 3.65. The van der Waals surface area contributed by atoms with E-state index in [1.165, 1.54) is 83.5 Å². The predicted octanol–water partition coefficient (Wildman–Crippen LogP) is 5.19. The summed E-state index contributed by atoms with van der Waals surface area (Å²) in [6.07, 6.45) is 19.4. The van der Waals surface area contributed by atoms with Gasteiger partial charge in [-0.25, -0.2) is 4.57 Å². The van der Waals surface area contributed by atoms with Gasteiger partial charge in [-0.1, -0.05) is 103 Å². The van der Waals surface area contributed by atoms with E-state index < -0.39 is 39.2 Å². The van der Waals surface area contributed by atoms with Crippen LogP contribution in [0.15, 0.2) is 0 Å². The number of hydrogen-bond acceptors (Lipinski definition) is 8. The monoisotopic (exact) mass is 555 g/mol. The molecule has 0 fully saturated rings. The molecule has 0 aliphatic heterocycles. The SMILES string of the molecule is CCCCCCCCCCCCCCCCCC(COCC(O)COP(=O)(O)OCC(N)C(=O)O)OC. The smallest absolute Gasteiger partial charge is 0.472 e. The number of nitrogens with two attached hydrogens (primary N) is 1. The molecule has 0 heterocycles. The van der Waals surface area contributed by atoms with Gasteiger partial charge in [-0.15, -0.1) is 0 Å². The number of phosphoric ester groups is 1. The van der Waals surface area contributed by atoms with E-state index >= 15 is 0 Å². The molecule has 0 saturated heterocycles. The lowest BCUT2D eigenvalue weighted by Gasteiger charge is -2.18. The normalized spacial score (nSPS) is 15.8. The molecule has 0 amide bonds. The van der Waals surface area contributed by atoms with Crippen molar-refractivity contribution in [3.63, 3.8) is 0 Å². The quantitative estimate of drug-likeness (QED) is 0.0748. The first kappa shape index (κ1) is 36.4. The lowest BCUT2D eigenvalue weighted by molar-refractivity contribution is -0.139. The molecule has 0 spiro atoms. The van der Waals surface area contributed by atoms with Crippen LogP contribution in [0.3, 0.4) is 0 Å². The van der Waals surface area contributed by atoms with E-state index in [9.17, 15) is 19.4 Å². The second-order valence-corrected chi connectivity index (χ2v) is 11.2. The third kappa shape index (κ3) is 24.2. The van der Waals surface area contributed by atoms with E-state index in [1.54, 1.807) is 7.11 Å². The molecule has 11 heteroatoms. The third-order valence-electron chi connectivity index (χ3n) is 6.24.